The van der Waals surface area contributed by atoms with E-state index in [9.17, 15) is 9.59 Å². The van der Waals surface area contributed by atoms with E-state index in [1.165, 1.54) is 5.56 Å². The Kier molecular flexibility index (Phi) is 6.90. The first-order valence-corrected chi connectivity index (χ1v) is 10.7. The van der Waals surface area contributed by atoms with Crippen molar-refractivity contribution in [1.29, 1.82) is 0 Å². The summed E-state index contributed by atoms with van der Waals surface area (Å²) in [5, 5.41) is 2.93. The van der Waals surface area contributed by atoms with Crippen LogP contribution in [-0.4, -0.2) is 54.4 Å². The standard InChI is InChI=1S/C24H30N4O2.ClH/c1-15-11-17(3)22(25-13-15)27-7-9-28(10-8-27)24(30)19-5-6-20(16(2)12-19)21-18(4)14-26-23(21)29;/h5-6,11-13,18,21H,7-10,14H2,1-4H3,(H,26,29);1H/t18?,21-;/m1./s1. The number of aryl methyl sites for hydroxylation is 3. The van der Waals surface area contributed by atoms with E-state index in [0.29, 0.717) is 25.2 Å². The monoisotopic (exact) mass is 442 g/mol. The second-order valence-corrected chi connectivity index (χ2v) is 8.70. The number of halogens is 1. The molecule has 6 nitrogen and oxygen atoms in total. The summed E-state index contributed by atoms with van der Waals surface area (Å²) < 4.78 is 0. The minimum atomic E-state index is -0.122. The van der Waals surface area contributed by atoms with Crippen LogP contribution in [0.5, 0.6) is 0 Å². The first kappa shape index (κ1) is 23.1. The van der Waals surface area contributed by atoms with Gasteiger partial charge in [0.1, 0.15) is 5.82 Å². The van der Waals surface area contributed by atoms with Crippen molar-refractivity contribution < 1.29 is 9.59 Å². The van der Waals surface area contributed by atoms with Gasteiger partial charge in [-0.3, -0.25) is 9.59 Å². The van der Waals surface area contributed by atoms with Gasteiger partial charge >= 0.3 is 0 Å². The first-order chi connectivity index (χ1) is 14.3. The number of hydrogen-bond acceptors (Lipinski definition) is 4. The van der Waals surface area contributed by atoms with Crippen LogP contribution >= 0.6 is 12.4 Å². The summed E-state index contributed by atoms with van der Waals surface area (Å²) in [4.78, 5) is 34.0. The molecule has 2 aliphatic heterocycles. The topological polar surface area (TPSA) is 65.5 Å². The fourth-order valence-electron chi connectivity index (χ4n) is 4.70. The van der Waals surface area contributed by atoms with Crippen molar-refractivity contribution >= 4 is 30.0 Å². The molecule has 1 aromatic carbocycles. The molecule has 3 heterocycles. The highest BCUT2D eigenvalue weighted by Gasteiger charge is 2.34. The number of nitrogens with zero attached hydrogens (tertiary/aromatic N) is 3. The average molecular weight is 443 g/mol. The number of benzene rings is 1. The highest BCUT2D eigenvalue weighted by atomic mass is 35.5. The SMILES string of the molecule is Cc1cnc(N2CCN(C(=O)c3ccc([C@@H]4C(=O)NCC4C)c(C)c3)CC2)c(C)c1.Cl. The molecule has 0 aliphatic carbocycles. The maximum atomic E-state index is 13.1. The van der Waals surface area contributed by atoms with E-state index in [-0.39, 0.29) is 36.1 Å². The maximum absolute atomic E-state index is 13.1. The predicted octanol–water partition coefficient (Wildman–Crippen LogP) is 3.24. The van der Waals surface area contributed by atoms with Crippen LogP contribution in [0.3, 0.4) is 0 Å². The molecular weight excluding hydrogens is 412 g/mol. The molecular formula is C24H31ClN4O2. The molecule has 2 fully saturated rings. The summed E-state index contributed by atoms with van der Waals surface area (Å²) in [6.45, 7) is 11.8. The van der Waals surface area contributed by atoms with Crippen LogP contribution in [0.4, 0.5) is 5.82 Å². The quantitative estimate of drug-likeness (QED) is 0.792. The van der Waals surface area contributed by atoms with Crippen molar-refractivity contribution in [3.8, 4) is 0 Å². The number of pyridine rings is 1. The lowest BCUT2D eigenvalue weighted by atomic mass is 9.86. The molecule has 2 atom stereocenters. The Balaban J connectivity index is 0.00000272. The molecule has 2 aromatic rings. The van der Waals surface area contributed by atoms with Gasteiger partial charge in [-0.15, -0.1) is 12.4 Å². The van der Waals surface area contributed by atoms with E-state index in [2.05, 4.69) is 35.1 Å². The summed E-state index contributed by atoms with van der Waals surface area (Å²) in [5.74, 6) is 1.30. The molecule has 4 rings (SSSR count). The molecule has 2 amide bonds. The van der Waals surface area contributed by atoms with E-state index in [0.717, 1.165) is 35.6 Å². The van der Waals surface area contributed by atoms with Crippen molar-refractivity contribution in [2.75, 3.05) is 37.6 Å². The summed E-state index contributed by atoms with van der Waals surface area (Å²) >= 11 is 0. The lowest BCUT2D eigenvalue weighted by Gasteiger charge is -2.36. The molecule has 0 radical (unpaired) electrons. The number of nitrogens with one attached hydrogen (secondary N) is 1. The fourth-order valence-corrected chi connectivity index (χ4v) is 4.70. The van der Waals surface area contributed by atoms with Crippen molar-refractivity contribution in [1.82, 2.24) is 15.2 Å². The van der Waals surface area contributed by atoms with Gasteiger partial charge in [0.25, 0.3) is 5.91 Å². The zero-order valence-electron chi connectivity index (χ0n) is 18.6. The third-order valence-electron chi connectivity index (χ3n) is 6.36. The number of rotatable bonds is 3. The molecule has 1 aromatic heterocycles. The van der Waals surface area contributed by atoms with Crippen LogP contribution in [0.1, 0.15) is 45.5 Å². The van der Waals surface area contributed by atoms with Crippen LogP contribution in [0.2, 0.25) is 0 Å². The molecule has 2 aliphatic rings. The summed E-state index contributed by atoms with van der Waals surface area (Å²) in [6.07, 6.45) is 1.90. The molecule has 0 bridgehead atoms. The van der Waals surface area contributed by atoms with E-state index >= 15 is 0 Å². The van der Waals surface area contributed by atoms with E-state index in [1.54, 1.807) is 0 Å². The number of amides is 2. The Hall–Kier alpha value is -2.60. The van der Waals surface area contributed by atoms with Crippen molar-refractivity contribution in [3.63, 3.8) is 0 Å². The van der Waals surface area contributed by atoms with Gasteiger partial charge in [0, 0.05) is 44.5 Å². The third kappa shape index (κ3) is 4.54. The summed E-state index contributed by atoms with van der Waals surface area (Å²) in [6, 6.07) is 7.93. The lowest BCUT2D eigenvalue weighted by molar-refractivity contribution is -0.120. The van der Waals surface area contributed by atoms with Gasteiger partial charge in [0.2, 0.25) is 5.91 Å². The minimum absolute atomic E-state index is 0. The molecule has 1 unspecified atom stereocenters. The van der Waals surface area contributed by atoms with E-state index < -0.39 is 0 Å². The van der Waals surface area contributed by atoms with Crippen LogP contribution in [0.15, 0.2) is 30.5 Å². The lowest BCUT2D eigenvalue weighted by Crippen LogP contribution is -2.49. The second-order valence-electron chi connectivity index (χ2n) is 8.70. The zero-order valence-corrected chi connectivity index (χ0v) is 19.5. The van der Waals surface area contributed by atoms with Gasteiger partial charge in [0.15, 0.2) is 0 Å². The Morgan fingerprint density at radius 1 is 1.06 bits per heavy atom. The molecule has 0 spiro atoms. The smallest absolute Gasteiger partial charge is 0.253 e. The van der Waals surface area contributed by atoms with Gasteiger partial charge in [-0.1, -0.05) is 19.1 Å². The predicted molar refractivity (Wildman–Crippen MR) is 125 cm³/mol. The summed E-state index contributed by atoms with van der Waals surface area (Å²) in [7, 11) is 0. The molecule has 31 heavy (non-hydrogen) atoms. The Labute approximate surface area is 190 Å². The fraction of sp³-hybridized carbons (Fsp3) is 0.458. The zero-order chi connectivity index (χ0) is 21.4. The maximum Gasteiger partial charge on any atom is 0.253 e. The molecule has 0 saturated carbocycles. The van der Waals surface area contributed by atoms with Crippen LogP contribution in [0, 0.1) is 26.7 Å². The highest BCUT2D eigenvalue weighted by molar-refractivity contribution is 5.95. The first-order valence-electron chi connectivity index (χ1n) is 10.7. The average Bonchev–Trinajstić information content (AvgIpc) is 3.06. The van der Waals surface area contributed by atoms with Crippen LogP contribution in [0.25, 0.3) is 0 Å². The Morgan fingerprint density at radius 3 is 2.35 bits per heavy atom. The van der Waals surface area contributed by atoms with Gasteiger partial charge in [-0.2, -0.15) is 0 Å². The van der Waals surface area contributed by atoms with E-state index in [1.807, 2.05) is 43.1 Å². The molecule has 166 valence electrons. The number of carbonyl (C=O) groups excluding carboxylic acids is 2. The second kappa shape index (κ2) is 9.27. The van der Waals surface area contributed by atoms with Crippen LogP contribution < -0.4 is 10.2 Å². The number of piperazine rings is 1. The Morgan fingerprint density at radius 2 is 1.77 bits per heavy atom. The number of anilines is 1. The number of aromatic nitrogens is 1. The normalized spacial score (nSPS) is 21.0. The number of hydrogen-bond donors (Lipinski definition) is 1. The highest BCUT2D eigenvalue weighted by Crippen LogP contribution is 2.31. The molecule has 7 heteroatoms. The van der Waals surface area contributed by atoms with Crippen molar-refractivity contribution in [2.45, 2.75) is 33.6 Å². The van der Waals surface area contributed by atoms with Gasteiger partial charge in [0.05, 0.1) is 5.92 Å². The van der Waals surface area contributed by atoms with Crippen LogP contribution in [-0.2, 0) is 4.79 Å². The van der Waals surface area contributed by atoms with Crippen molar-refractivity contribution in [3.05, 3.63) is 58.3 Å². The van der Waals surface area contributed by atoms with E-state index in [4.69, 9.17) is 0 Å². The molecule has 1 N–H and O–H groups in total. The largest absolute Gasteiger partial charge is 0.355 e. The minimum Gasteiger partial charge on any atom is -0.355 e. The summed E-state index contributed by atoms with van der Waals surface area (Å²) in [5.41, 5.74) is 5.06. The van der Waals surface area contributed by atoms with Gasteiger partial charge in [-0.25, -0.2) is 4.98 Å². The van der Waals surface area contributed by atoms with Crippen molar-refractivity contribution in [2.24, 2.45) is 5.92 Å². The Bertz CT molecular complexity index is 986. The van der Waals surface area contributed by atoms with Gasteiger partial charge < -0.3 is 15.1 Å². The number of carbonyl (C=O) groups is 2. The third-order valence-corrected chi connectivity index (χ3v) is 6.36. The van der Waals surface area contributed by atoms with Gasteiger partial charge in [-0.05, 0) is 61.1 Å². The molecule has 2 saturated heterocycles.